The summed E-state index contributed by atoms with van der Waals surface area (Å²) in [5, 5.41) is 2.81. The molecule has 2 aromatic rings. The molecule has 0 aliphatic heterocycles. The number of aryl methyl sites for hydroxylation is 1. The van der Waals surface area contributed by atoms with Crippen molar-refractivity contribution in [1.82, 2.24) is 0 Å². The summed E-state index contributed by atoms with van der Waals surface area (Å²) in [4.78, 5) is 11.7. The molecule has 128 valence electrons. The second-order valence-electron chi connectivity index (χ2n) is 5.30. The maximum absolute atomic E-state index is 14.1. The number of hydrogen-bond acceptors (Lipinski definition) is 3. The van der Waals surface area contributed by atoms with Crippen molar-refractivity contribution in [1.29, 1.82) is 0 Å². The maximum atomic E-state index is 14.1. The van der Waals surface area contributed by atoms with Crippen molar-refractivity contribution in [3.63, 3.8) is 0 Å². The summed E-state index contributed by atoms with van der Waals surface area (Å²) in [6, 6.07) is 10.2. The molecular weight excluding hydrogens is 309 g/mol. The lowest BCUT2D eigenvalue weighted by Crippen LogP contribution is -2.13. The molecule has 0 saturated heterocycles. The van der Waals surface area contributed by atoms with Gasteiger partial charge in [0.2, 0.25) is 5.91 Å². The predicted octanol–water partition coefficient (Wildman–Crippen LogP) is 4.32. The lowest BCUT2D eigenvalue weighted by Gasteiger charge is -2.16. The van der Waals surface area contributed by atoms with Crippen LogP contribution in [-0.2, 0) is 17.8 Å². The van der Waals surface area contributed by atoms with Crippen LogP contribution in [-0.4, -0.2) is 13.0 Å². The number of hydrogen-bond donors (Lipinski definition) is 1. The van der Waals surface area contributed by atoms with E-state index in [0.717, 1.165) is 12.0 Å². The van der Waals surface area contributed by atoms with Crippen LogP contribution in [0.2, 0.25) is 0 Å². The number of benzene rings is 2. The summed E-state index contributed by atoms with van der Waals surface area (Å²) in [5.74, 6) is 0.242. The number of methoxy groups -OCH3 is 1. The number of amides is 1. The minimum atomic E-state index is -0.400. The molecule has 0 heterocycles. The third kappa shape index (κ3) is 4.25. The van der Waals surface area contributed by atoms with Gasteiger partial charge in [-0.05, 0) is 36.2 Å². The number of anilines is 1. The van der Waals surface area contributed by atoms with Gasteiger partial charge in [-0.1, -0.05) is 26.0 Å². The molecule has 0 radical (unpaired) electrons. The van der Waals surface area contributed by atoms with Gasteiger partial charge in [0.1, 0.15) is 12.4 Å². The molecule has 24 heavy (non-hydrogen) atoms. The van der Waals surface area contributed by atoms with Crippen LogP contribution in [0.15, 0.2) is 36.4 Å². The van der Waals surface area contributed by atoms with E-state index in [1.54, 1.807) is 38.3 Å². The van der Waals surface area contributed by atoms with E-state index in [2.05, 4.69) is 5.32 Å². The summed E-state index contributed by atoms with van der Waals surface area (Å²) >= 11 is 0. The zero-order chi connectivity index (χ0) is 17.5. The van der Waals surface area contributed by atoms with Gasteiger partial charge in [0.05, 0.1) is 18.4 Å². The Morgan fingerprint density at radius 2 is 1.96 bits per heavy atom. The number of carbonyl (C=O) groups is 1. The SMILES string of the molecule is CCC(=O)Nc1cccc(OC)c1COc1ccc(CC)cc1F. The quantitative estimate of drug-likeness (QED) is 0.822. The Morgan fingerprint density at radius 3 is 2.58 bits per heavy atom. The molecule has 0 spiro atoms. The van der Waals surface area contributed by atoms with Crippen LogP contribution in [0.3, 0.4) is 0 Å². The van der Waals surface area contributed by atoms with Crippen LogP contribution >= 0.6 is 0 Å². The highest BCUT2D eigenvalue weighted by atomic mass is 19.1. The molecule has 0 aliphatic carbocycles. The molecule has 0 saturated carbocycles. The Balaban J connectivity index is 2.23. The van der Waals surface area contributed by atoms with E-state index in [0.29, 0.717) is 23.4 Å². The standard InChI is InChI=1S/C19H22FNO3/c1-4-13-9-10-18(15(20)11-13)24-12-14-16(21-19(22)5-2)7-6-8-17(14)23-3/h6-11H,4-5,12H2,1-3H3,(H,21,22). The molecule has 1 N–H and O–H groups in total. The Labute approximate surface area is 141 Å². The molecule has 0 atom stereocenters. The van der Waals surface area contributed by atoms with E-state index < -0.39 is 5.82 Å². The summed E-state index contributed by atoms with van der Waals surface area (Å²) in [6.07, 6.45) is 1.13. The Bertz CT molecular complexity index is 716. The number of ether oxygens (including phenoxy) is 2. The number of carbonyl (C=O) groups excluding carboxylic acids is 1. The summed E-state index contributed by atoms with van der Waals surface area (Å²) in [6.45, 7) is 3.83. The van der Waals surface area contributed by atoms with Crippen LogP contribution in [0.25, 0.3) is 0 Å². The van der Waals surface area contributed by atoms with E-state index in [1.807, 2.05) is 13.0 Å². The van der Waals surface area contributed by atoms with Crippen LogP contribution in [0.5, 0.6) is 11.5 Å². The largest absolute Gasteiger partial charge is 0.496 e. The van der Waals surface area contributed by atoms with Gasteiger partial charge in [0.15, 0.2) is 11.6 Å². The first-order chi connectivity index (χ1) is 11.6. The highest BCUT2D eigenvalue weighted by molar-refractivity contribution is 5.91. The highest BCUT2D eigenvalue weighted by Crippen LogP contribution is 2.29. The lowest BCUT2D eigenvalue weighted by molar-refractivity contribution is -0.115. The Hall–Kier alpha value is -2.56. The Morgan fingerprint density at radius 1 is 1.17 bits per heavy atom. The van der Waals surface area contributed by atoms with Crippen molar-refractivity contribution in [2.24, 2.45) is 0 Å². The normalized spacial score (nSPS) is 10.3. The average molecular weight is 331 g/mol. The van der Waals surface area contributed by atoms with Crippen molar-refractivity contribution < 1.29 is 18.7 Å². The minimum absolute atomic E-state index is 0.0890. The maximum Gasteiger partial charge on any atom is 0.224 e. The molecule has 0 fully saturated rings. The van der Waals surface area contributed by atoms with Crippen LogP contribution in [0.1, 0.15) is 31.4 Å². The van der Waals surface area contributed by atoms with E-state index in [9.17, 15) is 9.18 Å². The van der Waals surface area contributed by atoms with E-state index in [-0.39, 0.29) is 18.3 Å². The topological polar surface area (TPSA) is 47.6 Å². The summed E-state index contributed by atoms with van der Waals surface area (Å²) in [5.41, 5.74) is 2.18. The molecular formula is C19H22FNO3. The van der Waals surface area contributed by atoms with E-state index in [4.69, 9.17) is 9.47 Å². The summed E-state index contributed by atoms with van der Waals surface area (Å²) < 4.78 is 25.0. The molecule has 4 nitrogen and oxygen atoms in total. The zero-order valence-electron chi connectivity index (χ0n) is 14.2. The third-order valence-electron chi connectivity index (χ3n) is 3.72. The summed E-state index contributed by atoms with van der Waals surface area (Å²) in [7, 11) is 1.54. The van der Waals surface area contributed by atoms with Gasteiger partial charge in [-0.25, -0.2) is 4.39 Å². The third-order valence-corrected chi connectivity index (χ3v) is 3.72. The van der Waals surface area contributed by atoms with Crippen LogP contribution < -0.4 is 14.8 Å². The molecule has 2 aromatic carbocycles. The molecule has 2 rings (SSSR count). The monoisotopic (exact) mass is 331 g/mol. The van der Waals surface area contributed by atoms with Gasteiger partial charge in [-0.15, -0.1) is 0 Å². The van der Waals surface area contributed by atoms with Gasteiger partial charge in [0.25, 0.3) is 0 Å². The fourth-order valence-corrected chi connectivity index (χ4v) is 2.29. The van der Waals surface area contributed by atoms with Crippen molar-refractivity contribution >= 4 is 11.6 Å². The first kappa shape index (κ1) is 17.8. The number of halogens is 1. The van der Waals surface area contributed by atoms with Gasteiger partial charge < -0.3 is 14.8 Å². The second kappa shape index (κ2) is 8.34. The molecule has 1 amide bonds. The van der Waals surface area contributed by atoms with Crippen molar-refractivity contribution in [2.75, 3.05) is 12.4 Å². The molecule has 0 aliphatic rings. The first-order valence-corrected chi connectivity index (χ1v) is 7.96. The highest BCUT2D eigenvalue weighted by Gasteiger charge is 2.13. The van der Waals surface area contributed by atoms with Crippen LogP contribution in [0.4, 0.5) is 10.1 Å². The molecule has 5 heteroatoms. The van der Waals surface area contributed by atoms with Gasteiger partial charge in [-0.2, -0.15) is 0 Å². The van der Waals surface area contributed by atoms with E-state index in [1.165, 1.54) is 6.07 Å². The Kier molecular flexibility index (Phi) is 6.18. The first-order valence-electron chi connectivity index (χ1n) is 7.96. The predicted molar refractivity (Wildman–Crippen MR) is 92.0 cm³/mol. The van der Waals surface area contributed by atoms with Crippen molar-refractivity contribution in [2.45, 2.75) is 33.3 Å². The molecule has 0 bridgehead atoms. The fourth-order valence-electron chi connectivity index (χ4n) is 2.29. The second-order valence-corrected chi connectivity index (χ2v) is 5.30. The van der Waals surface area contributed by atoms with Crippen molar-refractivity contribution in [3.05, 3.63) is 53.3 Å². The van der Waals surface area contributed by atoms with Crippen molar-refractivity contribution in [3.8, 4) is 11.5 Å². The zero-order valence-corrected chi connectivity index (χ0v) is 14.2. The van der Waals surface area contributed by atoms with Gasteiger partial charge in [-0.3, -0.25) is 4.79 Å². The molecule has 0 unspecified atom stereocenters. The number of rotatable bonds is 7. The van der Waals surface area contributed by atoms with Gasteiger partial charge >= 0.3 is 0 Å². The van der Waals surface area contributed by atoms with Crippen LogP contribution in [0, 0.1) is 5.82 Å². The number of nitrogens with one attached hydrogen (secondary N) is 1. The minimum Gasteiger partial charge on any atom is -0.496 e. The average Bonchev–Trinajstić information content (AvgIpc) is 2.60. The molecule has 0 aromatic heterocycles. The smallest absolute Gasteiger partial charge is 0.224 e. The van der Waals surface area contributed by atoms with E-state index >= 15 is 0 Å². The lowest BCUT2D eigenvalue weighted by atomic mass is 10.1. The fraction of sp³-hybridized carbons (Fsp3) is 0.316. The van der Waals surface area contributed by atoms with Gasteiger partial charge in [0, 0.05) is 6.42 Å².